The summed E-state index contributed by atoms with van der Waals surface area (Å²) in [5.41, 5.74) is 2.32. The zero-order valence-electron chi connectivity index (χ0n) is 12.9. The lowest BCUT2D eigenvalue weighted by Gasteiger charge is -2.16. The van der Waals surface area contributed by atoms with Crippen LogP contribution in [0.1, 0.15) is 31.9 Å². The highest BCUT2D eigenvalue weighted by Gasteiger charge is 2.12. The predicted molar refractivity (Wildman–Crippen MR) is 87.3 cm³/mol. The van der Waals surface area contributed by atoms with Gasteiger partial charge in [-0.25, -0.2) is 0 Å². The quantitative estimate of drug-likeness (QED) is 0.742. The number of allylic oxidation sites excluding steroid dienone is 1. The second-order valence-electron chi connectivity index (χ2n) is 4.75. The summed E-state index contributed by atoms with van der Waals surface area (Å²) in [7, 11) is 1.68. The lowest BCUT2D eigenvalue weighted by molar-refractivity contribution is 0.308. The van der Waals surface area contributed by atoms with E-state index in [1.807, 2.05) is 19.1 Å². The Morgan fingerprint density at radius 2 is 2.05 bits per heavy atom. The number of nitrogens with one attached hydrogen (secondary N) is 1. The number of methoxy groups -OCH3 is 1. The molecule has 0 fully saturated rings. The normalized spacial score (nSPS) is 10.1. The lowest BCUT2D eigenvalue weighted by atomic mass is 10.1. The van der Waals surface area contributed by atoms with Gasteiger partial charge in [-0.2, -0.15) is 0 Å². The topological polar surface area (TPSA) is 30.5 Å². The summed E-state index contributed by atoms with van der Waals surface area (Å²) >= 11 is 0. The predicted octanol–water partition coefficient (Wildman–Crippen LogP) is 3.74. The van der Waals surface area contributed by atoms with Gasteiger partial charge in [0.1, 0.15) is 0 Å². The van der Waals surface area contributed by atoms with Gasteiger partial charge in [-0.05, 0) is 25.0 Å². The van der Waals surface area contributed by atoms with E-state index < -0.39 is 0 Å². The molecule has 0 unspecified atom stereocenters. The van der Waals surface area contributed by atoms with E-state index in [9.17, 15) is 0 Å². The van der Waals surface area contributed by atoms with Gasteiger partial charge in [0, 0.05) is 18.2 Å². The highest BCUT2D eigenvalue weighted by molar-refractivity contribution is 5.85. The Hall–Kier alpha value is -1.19. The van der Waals surface area contributed by atoms with Gasteiger partial charge < -0.3 is 14.8 Å². The zero-order chi connectivity index (χ0) is 14.3. The van der Waals surface area contributed by atoms with Crippen LogP contribution in [0.15, 0.2) is 24.8 Å². The first kappa shape index (κ1) is 18.8. The maximum atomic E-state index is 5.70. The van der Waals surface area contributed by atoms with Gasteiger partial charge >= 0.3 is 0 Å². The summed E-state index contributed by atoms with van der Waals surface area (Å²) in [5, 5.41) is 3.41. The number of rotatable bonds is 8. The molecule has 0 aromatic heterocycles. The van der Waals surface area contributed by atoms with E-state index in [2.05, 4.69) is 31.8 Å². The van der Waals surface area contributed by atoms with Crippen LogP contribution in [-0.4, -0.2) is 19.8 Å². The molecule has 0 amide bonds. The van der Waals surface area contributed by atoms with Gasteiger partial charge in [0.05, 0.1) is 13.7 Å². The van der Waals surface area contributed by atoms with Gasteiger partial charge in [-0.3, -0.25) is 0 Å². The van der Waals surface area contributed by atoms with Crippen LogP contribution in [0.5, 0.6) is 11.5 Å². The molecule has 4 heteroatoms. The smallest absolute Gasteiger partial charge is 0.164 e. The molecular weight excluding hydrogens is 274 g/mol. The Kier molecular flexibility index (Phi) is 9.10. The first-order chi connectivity index (χ1) is 9.12. The molecule has 0 aliphatic carbocycles. The summed E-state index contributed by atoms with van der Waals surface area (Å²) in [5.74, 6) is 1.62. The number of halogens is 1. The molecule has 1 rings (SSSR count). The Labute approximate surface area is 128 Å². The first-order valence-corrected chi connectivity index (χ1v) is 6.79. The van der Waals surface area contributed by atoms with Gasteiger partial charge in [0.15, 0.2) is 11.5 Å². The highest BCUT2D eigenvalue weighted by Crippen LogP contribution is 2.33. The molecule has 114 valence electrons. The van der Waals surface area contributed by atoms with E-state index in [0.717, 1.165) is 30.0 Å². The van der Waals surface area contributed by atoms with Crippen molar-refractivity contribution in [3.8, 4) is 11.5 Å². The molecular formula is C16H26ClNO2. The van der Waals surface area contributed by atoms with Crippen LogP contribution in [0.2, 0.25) is 0 Å². The molecule has 0 atom stereocenters. The molecule has 0 radical (unpaired) electrons. The molecule has 0 aliphatic heterocycles. The second kappa shape index (κ2) is 9.67. The minimum absolute atomic E-state index is 0. The fourth-order valence-electron chi connectivity index (χ4n) is 1.91. The van der Waals surface area contributed by atoms with Gasteiger partial charge in [0.25, 0.3) is 0 Å². The fourth-order valence-corrected chi connectivity index (χ4v) is 1.91. The molecule has 0 aliphatic rings. The molecule has 1 aromatic carbocycles. The molecule has 3 nitrogen and oxygen atoms in total. The summed E-state index contributed by atoms with van der Waals surface area (Å²) in [6, 6.07) is 4.65. The average Bonchev–Trinajstić information content (AvgIpc) is 2.39. The number of hydrogen-bond donors (Lipinski definition) is 1. The molecule has 0 saturated heterocycles. The molecule has 0 bridgehead atoms. The van der Waals surface area contributed by atoms with Crippen LogP contribution in [-0.2, 0) is 13.0 Å². The van der Waals surface area contributed by atoms with Crippen LogP contribution in [0.3, 0.4) is 0 Å². The van der Waals surface area contributed by atoms with E-state index in [0.29, 0.717) is 12.6 Å². The Morgan fingerprint density at radius 3 is 2.55 bits per heavy atom. The van der Waals surface area contributed by atoms with Gasteiger partial charge in [-0.15, -0.1) is 19.0 Å². The maximum Gasteiger partial charge on any atom is 0.164 e. The van der Waals surface area contributed by atoms with Crippen LogP contribution >= 0.6 is 12.4 Å². The summed E-state index contributed by atoms with van der Waals surface area (Å²) in [6.07, 6.45) is 2.66. The Morgan fingerprint density at radius 1 is 1.35 bits per heavy atom. The van der Waals surface area contributed by atoms with Crippen LogP contribution in [0.4, 0.5) is 0 Å². The molecule has 0 spiro atoms. The second-order valence-corrected chi connectivity index (χ2v) is 4.75. The fraction of sp³-hybridized carbons (Fsp3) is 0.500. The van der Waals surface area contributed by atoms with Crippen molar-refractivity contribution in [3.63, 3.8) is 0 Å². The van der Waals surface area contributed by atoms with Crippen LogP contribution in [0, 0.1) is 0 Å². The monoisotopic (exact) mass is 299 g/mol. The SMILES string of the molecule is C=CCc1cc(CNC(C)C)cc(OC)c1OCC.Cl. The van der Waals surface area contributed by atoms with Crippen molar-refractivity contribution < 1.29 is 9.47 Å². The van der Waals surface area contributed by atoms with E-state index in [1.54, 1.807) is 7.11 Å². The molecule has 1 N–H and O–H groups in total. The standard InChI is InChI=1S/C16H25NO2.ClH/c1-6-8-14-9-13(11-17-12(3)4)10-15(18-5)16(14)19-7-2;/h6,9-10,12,17H,1,7-8,11H2,2-5H3;1H. The highest BCUT2D eigenvalue weighted by atomic mass is 35.5. The zero-order valence-corrected chi connectivity index (χ0v) is 13.7. The van der Waals surface area contributed by atoms with E-state index in [-0.39, 0.29) is 12.4 Å². The molecule has 0 saturated carbocycles. The maximum absolute atomic E-state index is 5.70. The summed E-state index contributed by atoms with van der Waals surface area (Å²) < 4.78 is 11.1. The van der Waals surface area contributed by atoms with Crippen molar-refractivity contribution in [3.05, 3.63) is 35.9 Å². The summed E-state index contributed by atoms with van der Waals surface area (Å²) in [4.78, 5) is 0. The van der Waals surface area contributed by atoms with Gasteiger partial charge in [0.2, 0.25) is 0 Å². The van der Waals surface area contributed by atoms with Crippen molar-refractivity contribution in [1.82, 2.24) is 5.32 Å². The lowest BCUT2D eigenvalue weighted by Crippen LogP contribution is -2.22. The van der Waals surface area contributed by atoms with Crippen molar-refractivity contribution in [2.24, 2.45) is 0 Å². The number of ether oxygens (including phenoxy) is 2. The number of hydrogen-bond acceptors (Lipinski definition) is 3. The van der Waals surface area contributed by atoms with Crippen molar-refractivity contribution in [2.75, 3.05) is 13.7 Å². The minimum atomic E-state index is 0. The van der Waals surface area contributed by atoms with Crippen molar-refractivity contribution in [1.29, 1.82) is 0 Å². The average molecular weight is 300 g/mol. The minimum Gasteiger partial charge on any atom is -0.493 e. The van der Waals surface area contributed by atoms with E-state index in [1.165, 1.54) is 5.56 Å². The van der Waals surface area contributed by atoms with Crippen molar-refractivity contribution in [2.45, 2.75) is 39.8 Å². The third-order valence-electron chi connectivity index (χ3n) is 2.78. The first-order valence-electron chi connectivity index (χ1n) is 6.79. The largest absolute Gasteiger partial charge is 0.493 e. The molecule has 20 heavy (non-hydrogen) atoms. The Bertz CT molecular complexity index is 419. The van der Waals surface area contributed by atoms with Crippen molar-refractivity contribution >= 4 is 12.4 Å². The van der Waals surface area contributed by atoms with Crippen LogP contribution in [0.25, 0.3) is 0 Å². The molecule has 1 aromatic rings. The summed E-state index contributed by atoms with van der Waals surface area (Å²) in [6.45, 7) is 11.5. The number of benzene rings is 1. The van der Waals surface area contributed by atoms with Gasteiger partial charge in [-0.1, -0.05) is 26.0 Å². The third kappa shape index (κ3) is 5.43. The molecule has 0 heterocycles. The van der Waals surface area contributed by atoms with Crippen LogP contribution < -0.4 is 14.8 Å². The Balaban J connectivity index is 0.00000361. The van der Waals surface area contributed by atoms with E-state index >= 15 is 0 Å². The third-order valence-corrected chi connectivity index (χ3v) is 2.78. The van der Waals surface area contributed by atoms with E-state index in [4.69, 9.17) is 9.47 Å².